The van der Waals surface area contributed by atoms with E-state index in [2.05, 4.69) is 5.32 Å². The number of carbonyl (C=O) groups excluding carboxylic acids is 4. The number of amides is 2. The Morgan fingerprint density at radius 1 is 1.27 bits per heavy atom. The first kappa shape index (κ1) is 20.1. The number of hydrogen-bond acceptors (Lipinski definition) is 6. The summed E-state index contributed by atoms with van der Waals surface area (Å²) in [4.78, 5) is 50.2. The molecule has 1 aliphatic rings. The van der Waals surface area contributed by atoms with Crippen LogP contribution in [0, 0.1) is 0 Å². The fraction of sp³-hybridized carbons (Fsp3) is 0.556. The minimum absolute atomic E-state index is 0.0423. The summed E-state index contributed by atoms with van der Waals surface area (Å²) in [5, 5.41) is 2.67. The number of rotatable bonds is 7. The largest absolute Gasteiger partial charge is 0.453 e. The molecule has 0 aromatic carbocycles. The number of carbonyl (C=O) groups is 4. The van der Waals surface area contributed by atoms with E-state index in [1.807, 2.05) is 0 Å². The first-order valence-electron chi connectivity index (χ1n) is 8.71. The van der Waals surface area contributed by atoms with Crippen molar-refractivity contribution < 1.29 is 23.9 Å². The Morgan fingerprint density at radius 3 is 2.77 bits per heavy atom. The summed E-state index contributed by atoms with van der Waals surface area (Å²) < 4.78 is 5.22. The van der Waals surface area contributed by atoms with Gasteiger partial charge in [0.25, 0.3) is 0 Å². The van der Waals surface area contributed by atoms with Gasteiger partial charge in [-0.2, -0.15) is 0 Å². The SMILES string of the molecule is CC(=O)NCc1ccc(C(=O)C(C)OC(=O)CN2CCCCCC2=O)s1. The summed E-state index contributed by atoms with van der Waals surface area (Å²) in [5.41, 5.74) is 0. The molecule has 1 saturated heterocycles. The molecule has 1 aromatic rings. The van der Waals surface area contributed by atoms with Gasteiger partial charge in [-0.25, -0.2) is 0 Å². The lowest BCUT2D eigenvalue weighted by atomic mass is 10.2. The van der Waals surface area contributed by atoms with E-state index >= 15 is 0 Å². The van der Waals surface area contributed by atoms with Crippen molar-refractivity contribution in [1.29, 1.82) is 0 Å². The predicted octanol–water partition coefficient (Wildman–Crippen LogP) is 1.90. The lowest BCUT2D eigenvalue weighted by Crippen LogP contribution is -2.37. The van der Waals surface area contributed by atoms with E-state index in [0.717, 1.165) is 24.1 Å². The zero-order valence-corrected chi connectivity index (χ0v) is 15.9. The molecule has 8 heteroatoms. The topological polar surface area (TPSA) is 92.8 Å². The van der Waals surface area contributed by atoms with Gasteiger partial charge in [0.1, 0.15) is 6.54 Å². The molecule has 1 aromatic heterocycles. The number of nitrogens with one attached hydrogen (secondary N) is 1. The maximum atomic E-state index is 12.4. The molecule has 2 rings (SSSR count). The number of nitrogens with zero attached hydrogens (tertiary/aromatic N) is 1. The lowest BCUT2D eigenvalue weighted by molar-refractivity contribution is -0.151. The van der Waals surface area contributed by atoms with Gasteiger partial charge in [-0.05, 0) is 31.9 Å². The maximum absolute atomic E-state index is 12.4. The number of hydrogen-bond donors (Lipinski definition) is 1. The van der Waals surface area contributed by atoms with E-state index in [1.165, 1.54) is 30.1 Å². The van der Waals surface area contributed by atoms with Crippen molar-refractivity contribution >= 4 is 34.9 Å². The van der Waals surface area contributed by atoms with Crippen LogP contribution < -0.4 is 5.32 Å². The second-order valence-corrected chi connectivity index (χ2v) is 7.47. The Morgan fingerprint density at radius 2 is 2.04 bits per heavy atom. The van der Waals surface area contributed by atoms with Crippen LogP contribution in [-0.2, 0) is 25.7 Å². The Bertz CT molecular complexity index is 685. The molecule has 1 N–H and O–H groups in total. The summed E-state index contributed by atoms with van der Waals surface area (Å²) >= 11 is 1.26. The fourth-order valence-corrected chi connectivity index (χ4v) is 3.63. The van der Waals surface area contributed by atoms with Crippen LogP contribution in [0.15, 0.2) is 12.1 Å². The quantitative estimate of drug-likeness (QED) is 0.576. The van der Waals surface area contributed by atoms with E-state index in [0.29, 0.717) is 24.4 Å². The molecule has 7 nitrogen and oxygen atoms in total. The predicted molar refractivity (Wildman–Crippen MR) is 96.8 cm³/mol. The third-order valence-electron chi connectivity index (χ3n) is 4.08. The molecule has 1 fully saturated rings. The van der Waals surface area contributed by atoms with Gasteiger partial charge in [-0.15, -0.1) is 11.3 Å². The van der Waals surface area contributed by atoms with Crippen molar-refractivity contribution in [3.05, 3.63) is 21.9 Å². The van der Waals surface area contributed by atoms with Crippen molar-refractivity contribution in [3.8, 4) is 0 Å². The van der Waals surface area contributed by atoms with Crippen LogP contribution in [0.5, 0.6) is 0 Å². The van der Waals surface area contributed by atoms with Gasteiger partial charge in [0.2, 0.25) is 17.6 Å². The summed E-state index contributed by atoms with van der Waals surface area (Å²) in [6.07, 6.45) is 2.23. The van der Waals surface area contributed by atoms with Crippen LogP contribution in [0.3, 0.4) is 0 Å². The summed E-state index contributed by atoms with van der Waals surface area (Å²) in [7, 11) is 0. The number of likely N-dealkylation sites (tertiary alicyclic amines) is 1. The van der Waals surface area contributed by atoms with Gasteiger partial charge in [0.05, 0.1) is 11.4 Å². The number of ketones is 1. The average molecular weight is 380 g/mol. The normalized spacial score (nSPS) is 15.9. The highest BCUT2D eigenvalue weighted by atomic mass is 32.1. The molecule has 1 unspecified atom stereocenters. The number of ether oxygens (including phenoxy) is 1. The van der Waals surface area contributed by atoms with Crippen LogP contribution in [-0.4, -0.2) is 47.7 Å². The fourth-order valence-electron chi connectivity index (χ4n) is 2.67. The Labute approximate surface area is 156 Å². The average Bonchev–Trinajstić information content (AvgIpc) is 2.97. The van der Waals surface area contributed by atoms with Gasteiger partial charge in [0, 0.05) is 24.8 Å². The summed E-state index contributed by atoms with van der Waals surface area (Å²) in [6.45, 7) is 3.74. The molecule has 2 amide bonds. The van der Waals surface area contributed by atoms with Crippen molar-refractivity contribution in [2.75, 3.05) is 13.1 Å². The van der Waals surface area contributed by atoms with Gasteiger partial charge in [-0.3, -0.25) is 19.2 Å². The van der Waals surface area contributed by atoms with Crippen LogP contribution in [0.4, 0.5) is 0 Å². The van der Waals surface area contributed by atoms with E-state index in [4.69, 9.17) is 4.74 Å². The standard InChI is InChI=1S/C18H24N2O5S/c1-12(18(24)15-8-7-14(26-15)10-19-13(2)21)25-17(23)11-20-9-5-3-4-6-16(20)22/h7-8,12H,3-6,9-11H2,1-2H3,(H,19,21). The molecule has 0 saturated carbocycles. The number of esters is 1. The third kappa shape index (κ3) is 5.94. The molecule has 0 aliphatic carbocycles. The van der Waals surface area contributed by atoms with Crippen LogP contribution in [0.25, 0.3) is 0 Å². The van der Waals surface area contributed by atoms with Gasteiger partial charge < -0.3 is 15.0 Å². The second-order valence-electron chi connectivity index (χ2n) is 6.30. The summed E-state index contributed by atoms with van der Waals surface area (Å²) in [5.74, 6) is -1.05. The number of thiophene rings is 1. The first-order chi connectivity index (χ1) is 12.4. The van der Waals surface area contributed by atoms with Crippen molar-refractivity contribution in [3.63, 3.8) is 0 Å². The van der Waals surface area contributed by atoms with Crippen LogP contribution in [0.1, 0.15) is 54.1 Å². The third-order valence-corrected chi connectivity index (χ3v) is 5.18. The Balaban J connectivity index is 1.86. The van der Waals surface area contributed by atoms with E-state index < -0.39 is 12.1 Å². The zero-order valence-electron chi connectivity index (χ0n) is 15.1. The van der Waals surface area contributed by atoms with Crippen molar-refractivity contribution in [2.24, 2.45) is 0 Å². The molecule has 2 heterocycles. The molecular formula is C18H24N2O5S. The molecule has 142 valence electrons. The Hall–Kier alpha value is -2.22. The molecule has 0 radical (unpaired) electrons. The van der Waals surface area contributed by atoms with Gasteiger partial charge in [0.15, 0.2) is 6.10 Å². The summed E-state index contributed by atoms with van der Waals surface area (Å²) in [6, 6.07) is 3.42. The maximum Gasteiger partial charge on any atom is 0.326 e. The van der Waals surface area contributed by atoms with Gasteiger partial charge >= 0.3 is 5.97 Å². The molecule has 1 aliphatic heterocycles. The monoisotopic (exact) mass is 380 g/mol. The van der Waals surface area contributed by atoms with E-state index in [9.17, 15) is 19.2 Å². The van der Waals surface area contributed by atoms with E-state index in [1.54, 1.807) is 12.1 Å². The molecule has 0 bridgehead atoms. The minimum atomic E-state index is -0.920. The number of Topliss-reactive ketones (excluding diaryl/α,β-unsaturated/α-hetero) is 1. The zero-order chi connectivity index (χ0) is 19.1. The second kappa shape index (κ2) is 9.47. The molecule has 0 spiro atoms. The highest BCUT2D eigenvalue weighted by Crippen LogP contribution is 2.19. The van der Waals surface area contributed by atoms with Crippen LogP contribution in [0.2, 0.25) is 0 Å². The minimum Gasteiger partial charge on any atom is -0.453 e. The first-order valence-corrected chi connectivity index (χ1v) is 9.53. The highest BCUT2D eigenvalue weighted by Gasteiger charge is 2.24. The van der Waals surface area contributed by atoms with E-state index in [-0.39, 0.29) is 24.1 Å². The van der Waals surface area contributed by atoms with Crippen molar-refractivity contribution in [1.82, 2.24) is 10.2 Å². The lowest BCUT2D eigenvalue weighted by Gasteiger charge is -2.20. The highest BCUT2D eigenvalue weighted by molar-refractivity contribution is 7.14. The smallest absolute Gasteiger partial charge is 0.326 e. The molecule has 26 heavy (non-hydrogen) atoms. The molecular weight excluding hydrogens is 356 g/mol. The van der Waals surface area contributed by atoms with Crippen molar-refractivity contribution in [2.45, 2.75) is 52.2 Å². The Kier molecular flexibility index (Phi) is 7.32. The van der Waals surface area contributed by atoms with Crippen LogP contribution >= 0.6 is 11.3 Å². The molecule has 1 atom stereocenters. The van der Waals surface area contributed by atoms with Gasteiger partial charge in [-0.1, -0.05) is 6.42 Å².